The minimum absolute atomic E-state index is 0.166. The fourth-order valence-electron chi connectivity index (χ4n) is 2.38. The maximum Gasteiger partial charge on any atom is 0.314 e. The number of hydrogen-bond acceptors (Lipinski definition) is 5. The second-order valence-electron chi connectivity index (χ2n) is 5.60. The molecular weight excluding hydrogens is 350 g/mol. The summed E-state index contributed by atoms with van der Waals surface area (Å²) in [7, 11) is 1.64. The number of thiazole rings is 1. The number of nitrogens with zero attached hydrogens (tertiary/aromatic N) is 3. The molecule has 0 spiro atoms. The Bertz CT molecular complexity index is 814. The standard InChI is InChI=1S/C18H21N5O2S/c1-25-16-5-3-14(4-6-16)7-10-19-17(24)20-11-8-15-13-26-18(22-15)23-12-2-9-21-23/h2-6,9,12-13H,7-8,10-11H2,1H3,(H2,19,20,24). The maximum absolute atomic E-state index is 11.8. The first-order valence-electron chi connectivity index (χ1n) is 8.33. The van der Waals surface area contributed by atoms with Gasteiger partial charge in [0, 0.05) is 37.3 Å². The Balaban J connectivity index is 1.34. The highest BCUT2D eigenvalue weighted by Gasteiger charge is 2.05. The Hall–Kier alpha value is -2.87. The quantitative estimate of drug-likeness (QED) is 0.637. The number of nitrogens with one attached hydrogen (secondary N) is 2. The van der Waals surface area contributed by atoms with Gasteiger partial charge in [0.15, 0.2) is 0 Å². The molecule has 3 rings (SSSR count). The summed E-state index contributed by atoms with van der Waals surface area (Å²) >= 11 is 1.53. The van der Waals surface area contributed by atoms with Crippen molar-refractivity contribution in [3.8, 4) is 10.9 Å². The SMILES string of the molecule is COc1ccc(CCNC(=O)NCCc2csc(-n3cccn3)n2)cc1. The lowest BCUT2D eigenvalue weighted by Gasteiger charge is -2.07. The van der Waals surface area contributed by atoms with E-state index in [-0.39, 0.29) is 6.03 Å². The lowest BCUT2D eigenvalue weighted by Crippen LogP contribution is -2.37. The first-order chi connectivity index (χ1) is 12.7. The molecule has 2 amide bonds. The van der Waals surface area contributed by atoms with Crippen LogP contribution in [0.5, 0.6) is 5.75 Å². The van der Waals surface area contributed by atoms with E-state index in [1.54, 1.807) is 18.0 Å². The number of carbonyl (C=O) groups is 1. The molecule has 0 radical (unpaired) electrons. The van der Waals surface area contributed by atoms with Gasteiger partial charge in [-0.3, -0.25) is 0 Å². The van der Waals surface area contributed by atoms with Gasteiger partial charge in [-0.1, -0.05) is 12.1 Å². The Kier molecular flexibility index (Phi) is 6.21. The number of urea groups is 1. The molecule has 136 valence electrons. The third-order valence-corrected chi connectivity index (χ3v) is 4.64. The molecule has 0 atom stereocenters. The van der Waals surface area contributed by atoms with Gasteiger partial charge in [0.2, 0.25) is 5.13 Å². The molecule has 0 aliphatic rings. The molecule has 2 aromatic heterocycles. The lowest BCUT2D eigenvalue weighted by atomic mass is 10.1. The van der Waals surface area contributed by atoms with Crippen LogP contribution in [0.2, 0.25) is 0 Å². The van der Waals surface area contributed by atoms with Crippen molar-refractivity contribution in [2.45, 2.75) is 12.8 Å². The third kappa shape index (κ3) is 5.06. The molecule has 2 N–H and O–H groups in total. The number of methoxy groups -OCH3 is 1. The first kappa shape index (κ1) is 17.9. The van der Waals surface area contributed by atoms with Crippen LogP contribution < -0.4 is 15.4 Å². The van der Waals surface area contributed by atoms with Gasteiger partial charge in [0.1, 0.15) is 5.75 Å². The van der Waals surface area contributed by atoms with Gasteiger partial charge in [0.25, 0.3) is 0 Å². The summed E-state index contributed by atoms with van der Waals surface area (Å²) in [6, 6.07) is 9.52. The minimum atomic E-state index is -0.166. The summed E-state index contributed by atoms with van der Waals surface area (Å²) in [5.74, 6) is 0.831. The normalized spacial score (nSPS) is 10.5. The summed E-state index contributed by atoms with van der Waals surface area (Å²) in [5.41, 5.74) is 2.10. The second kappa shape index (κ2) is 9.00. The molecule has 8 heteroatoms. The van der Waals surface area contributed by atoms with E-state index in [1.165, 1.54) is 11.3 Å². The van der Waals surface area contributed by atoms with Gasteiger partial charge >= 0.3 is 6.03 Å². The van der Waals surface area contributed by atoms with Crippen molar-refractivity contribution in [3.63, 3.8) is 0 Å². The lowest BCUT2D eigenvalue weighted by molar-refractivity contribution is 0.241. The molecule has 0 saturated carbocycles. The molecule has 0 bridgehead atoms. The average molecular weight is 371 g/mol. The molecule has 1 aromatic carbocycles. The van der Waals surface area contributed by atoms with E-state index in [0.717, 1.165) is 28.6 Å². The van der Waals surface area contributed by atoms with Crippen LogP contribution in [0.1, 0.15) is 11.3 Å². The number of benzene rings is 1. The van der Waals surface area contributed by atoms with Crippen LogP contribution in [-0.4, -0.2) is 41.0 Å². The number of aromatic nitrogens is 3. The van der Waals surface area contributed by atoms with E-state index in [1.807, 2.05) is 41.9 Å². The van der Waals surface area contributed by atoms with Crippen molar-refractivity contribution in [3.05, 3.63) is 59.4 Å². The predicted molar refractivity (Wildman–Crippen MR) is 101 cm³/mol. The Labute approximate surface area is 156 Å². The molecule has 0 unspecified atom stereocenters. The van der Waals surface area contributed by atoms with Crippen LogP contribution in [0, 0.1) is 0 Å². The molecule has 7 nitrogen and oxygen atoms in total. The molecular formula is C18H21N5O2S. The monoisotopic (exact) mass is 371 g/mol. The predicted octanol–water partition coefficient (Wildman–Crippen LogP) is 2.42. The van der Waals surface area contributed by atoms with Crippen molar-refractivity contribution < 1.29 is 9.53 Å². The topological polar surface area (TPSA) is 81.1 Å². The van der Waals surface area contributed by atoms with Crippen LogP contribution in [0.3, 0.4) is 0 Å². The fourth-order valence-corrected chi connectivity index (χ4v) is 3.18. The fraction of sp³-hybridized carbons (Fsp3) is 0.278. The molecule has 26 heavy (non-hydrogen) atoms. The van der Waals surface area contributed by atoms with Crippen LogP contribution >= 0.6 is 11.3 Å². The Morgan fingerprint density at radius 2 is 1.96 bits per heavy atom. The number of hydrogen-bond donors (Lipinski definition) is 2. The molecule has 0 fully saturated rings. The maximum atomic E-state index is 11.8. The van der Waals surface area contributed by atoms with Crippen LogP contribution in [0.25, 0.3) is 5.13 Å². The van der Waals surface area contributed by atoms with Gasteiger partial charge < -0.3 is 15.4 Å². The number of amides is 2. The highest BCUT2D eigenvalue weighted by atomic mass is 32.1. The molecule has 2 heterocycles. The highest BCUT2D eigenvalue weighted by molar-refractivity contribution is 7.12. The van der Waals surface area contributed by atoms with Crippen molar-refractivity contribution >= 4 is 17.4 Å². The van der Waals surface area contributed by atoms with Crippen LogP contribution in [-0.2, 0) is 12.8 Å². The van der Waals surface area contributed by atoms with E-state index in [9.17, 15) is 4.79 Å². The van der Waals surface area contributed by atoms with Gasteiger partial charge in [-0.05, 0) is 30.2 Å². The minimum Gasteiger partial charge on any atom is -0.497 e. The van der Waals surface area contributed by atoms with Crippen molar-refractivity contribution in [2.24, 2.45) is 0 Å². The zero-order valence-corrected chi connectivity index (χ0v) is 15.3. The number of carbonyl (C=O) groups excluding carboxylic acids is 1. The van der Waals surface area contributed by atoms with E-state index in [0.29, 0.717) is 19.5 Å². The average Bonchev–Trinajstić information content (AvgIpc) is 3.34. The van der Waals surface area contributed by atoms with E-state index < -0.39 is 0 Å². The van der Waals surface area contributed by atoms with Crippen molar-refractivity contribution in [1.82, 2.24) is 25.4 Å². The molecule has 3 aromatic rings. The molecule has 0 aliphatic carbocycles. The number of rotatable bonds is 8. The van der Waals surface area contributed by atoms with Gasteiger partial charge in [0.05, 0.1) is 12.8 Å². The van der Waals surface area contributed by atoms with Crippen LogP contribution in [0.4, 0.5) is 4.79 Å². The first-order valence-corrected chi connectivity index (χ1v) is 9.21. The summed E-state index contributed by atoms with van der Waals surface area (Å²) < 4.78 is 6.86. The van der Waals surface area contributed by atoms with Gasteiger partial charge in [-0.2, -0.15) is 5.10 Å². The smallest absolute Gasteiger partial charge is 0.314 e. The molecule has 0 aliphatic heterocycles. The Morgan fingerprint density at radius 3 is 2.65 bits per heavy atom. The number of ether oxygens (including phenoxy) is 1. The van der Waals surface area contributed by atoms with Gasteiger partial charge in [-0.25, -0.2) is 14.5 Å². The van der Waals surface area contributed by atoms with E-state index >= 15 is 0 Å². The summed E-state index contributed by atoms with van der Waals surface area (Å²) in [4.78, 5) is 16.3. The second-order valence-corrected chi connectivity index (χ2v) is 6.44. The third-order valence-electron chi connectivity index (χ3n) is 3.76. The summed E-state index contributed by atoms with van der Waals surface area (Å²) in [5, 5.41) is 12.7. The summed E-state index contributed by atoms with van der Waals surface area (Å²) in [6.07, 6.45) is 5.04. The van der Waals surface area contributed by atoms with Gasteiger partial charge in [-0.15, -0.1) is 11.3 Å². The summed E-state index contributed by atoms with van der Waals surface area (Å²) in [6.45, 7) is 1.12. The van der Waals surface area contributed by atoms with E-state index in [4.69, 9.17) is 4.74 Å². The van der Waals surface area contributed by atoms with Crippen LogP contribution in [0.15, 0.2) is 48.1 Å². The Morgan fingerprint density at radius 1 is 1.19 bits per heavy atom. The highest BCUT2D eigenvalue weighted by Crippen LogP contribution is 2.14. The van der Waals surface area contributed by atoms with Crippen molar-refractivity contribution in [2.75, 3.05) is 20.2 Å². The largest absolute Gasteiger partial charge is 0.497 e. The molecule has 0 saturated heterocycles. The zero-order valence-electron chi connectivity index (χ0n) is 14.5. The zero-order chi connectivity index (χ0) is 18.2. The van der Waals surface area contributed by atoms with Crippen molar-refractivity contribution in [1.29, 1.82) is 0 Å². The van der Waals surface area contributed by atoms with E-state index in [2.05, 4.69) is 20.7 Å².